The number of hydrogen-bond acceptors (Lipinski definition) is 4. The largest absolute Gasteiger partial charge is 0.391 e. The molecule has 7 nitrogen and oxygen atoms in total. The molecular formula is C19H25N3O4. The second kappa shape index (κ2) is 9.15. The van der Waals surface area contributed by atoms with Gasteiger partial charge in [0.1, 0.15) is 12.1 Å². The number of β-amino-alcohol motifs (C(OH)–C–C–N with tert-alkyl or cyclic N) is 1. The molecule has 0 aliphatic carbocycles. The molecule has 0 spiro atoms. The normalized spacial score (nSPS) is 20.8. The average molecular weight is 359 g/mol. The number of carbonyl (C=O) groups is 3. The van der Waals surface area contributed by atoms with Crippen molar-refractivity contribution in [2.24, 2.45) is 0 Å². The van der Waals surface area contributed by atoms with E-state index in [-0.39, 0.29) is 30.7 Å². The number of hydrogen-bond donors (Lipinski definition) is 3. The molecule has 1 aliphatic rings. The van der Waals surface area contributed by atoms with Crippen molar-refractivity contribution in [3.05, 3.63) is 42.0 Å². The fourth-order valence-corrected chi connectivity index (χ4v) is 2.96. The highest BCUT2D eigenvalue weighted by Gasteiger charge is 2.40. The second-order valence-electron chi connectivity index (χ2n) is 6.38. The molecule has 3 amide bonds. The highest BCUT2D eigenvalue weighted by molar-refractivity contribution is 5.92. The van der Waals surface area contributed by atoms with E-state index in [1.54, 1.807) is 6.92 Å². The second-order valence-corrected chi connectivity index (χ2v) is 6.38. The van der Waals surface area contributed by atoms with Crippen LogP contribution in [0, 0.1) is 0 Å². The number of rotatable bonds is 6. The van der Waals surface area contributed by atoms with Crippen LogP contribution >= 0.6 is 0 Å². The molecule has 0 radical (unpaired) electrons. The molecule has 1 aliphatic heterocycles. The molecule has 26 heavy (non-hydrogen) atoms. The van der Waals surface area contributed by atoms with Crippen LogP contribution in [0.3, 0.4) is 0 Å². The quantitative estimate of drug-likeness (QED) is 0.680. The fraction of sp³-hybridized carbons (Fsp3) is 0.421. The van der Waals surface area contributed by atoms with E-state index in [0.29, 0.717) is 6.54 Å². The molecule has 0 saturated carbocycles. The van der Waals surface area contributed by atoms with Gasteiger partial charge in [0.2, 0.25) is 17.7 Å². The minimum Gasteiger partial charge on any atom is -0.391 e. The Bertz CT molecular complexity index is 675. The van der Waals surface area contributed by atoms with Gasteiger partial charge < -0.3 is 20.6 Å². The van der Waals surface area contributed by atoms with Crippen LogP contribution in [-0.4, -0.2) is 59.0 Å². The van der Waals surface area contributed by atoms with Gasteiger partial charge in [0.25, 0.3) is 0 Å². The minimum atomic E-state index is -0.751. The zero-order valence-electron chi connectivity index (χ0n) is 15.0. The highest BCUT2D eigenvalue weighted by atomic mass is 16.3. The molecule has 1 aromatic carbocycles. The van der Waals surface area contributed by atoms with Crippen molar-refractivity contribution in [1.29, 1.82) is 0 Å². The van der Waals surface area contributed by atoms with Crippen LogP contribution in [0.5, 0.6) is 0 Å². The standard InChI is InChI=1S/C19H25N3O4/c1-13(21-14(2)23)19(26)22-12-16(24)11-17(22)18(25)20-10-6-9-15-7-4-3-5-8-15/h3-9,13,16-17,24H,10-12H2,1-2H3,(H,20,25)(H,21,23)/t13-,16+,17-/m0/s1. The lowest BCUT2D eigenvalue weighted by Gasteiger charge is -2.26. The Morgan fingerprint density at radius 2 is 2.00 bits per heavy atom. The Labute approximate surface area is 153 Å². The summed E-state index contributed by atoms with van der Waals surface area (Å²) in [6, 6.07) is 8.21. The lowest BCUT2D eigenvalue weighted by Crippen LogP contribution is -2.52. The van der Waals surface area contributed by atoms with E-state index in [1.807, 2.05) is 42.5 Å². The summed E-state index contributed by atoms with van der Waals surface area (Å²) >= 11 is 0. The number of nitrogens with zero attached hydrogens (tertiary/aromatic N) is 1. The van der Waals surface area contributed by atoms with E-state index in [1.165, 1.54) is 11.8 Å². The van der Waals surface area contributed by atoms with Crippen molar-refractivity contribution in [2.75, 3.05) is 13.1 Å². The summed E-state index contributed by atoms with van der Waals surface area (Å²) in [7, 11) is 0. The summed E-state index contributed by atoms with van der Waals surface area (Å²) in [5, 5.41) is 15.1. The third-order valence-electron chi connectivity index (χ3n) is 4.16. The predicted molar refractivity (Wildman–Crippen MR) is 97.9 cm³/mol. The topological polar surface area (TPSA) is 98.7 Å². The number of nitrogens with one attached hydrogen (secondary N) is 2. The van der Waals surface area contributed by atoms with Crippen molar-refractivity contribution in [2.45, 2.75) is 38.5 Å². The highest BCUT2D eigenvalue weighted by Crippen LogP contribution is 2.19. The number of amides is 3. The van der Waals surface area contributed by atoms with E-state index in [0.717, 1.165) is 5.56 Å². The maximum atomic E-state index is 12.5. The molecule has 1 heterocycles. The van der Waals surface area contributed by atoms with Gasteiger partial charge in [-0.3, -0.25) is 14.4 Å². The SMILES string of the molecule is CC(=O)N[C@@H](C)C(=O)N1C[C@H](O)C[C@H]1C(=O)NCC=Cc1ccccc1. The van der Waals surface area contributed by atoms with Crippen LogP contribution < -0.4 is 10.6 Å². The Balaban J connectivity index is 1.92. The smallest absolute Gasteiger partial charge is 0.245 e. The lowest BCUT2D eigenvalue weighted by molar-refractivity contribution is -0.140. The molecule has 0 aromatic heterocycles. The third kappa shape index (κ3) is 5.42. The van der Waals surface area contributed by atoms with Crippen LogP contribution in [-0.2, 0) is 14.4 Å². The van der Waals surface area contributed by atoms with E-state index in [2.05, 4.69) is 10.6 Å². The van der Waals surface area contributed by atoms with E-state index < -0.39 is 18.2 Å². The van der Waals surface area contributed by atoms with Gasteiger partial charge in [-0.1, -0.05) is 42.5 Å². The Morgan fingerprint density at radius 3 is 2.65 bits per heavy atom. The van der Waals surface area contributed by atoms with Crippen molar-refractivity contribution in [3.63, 3.8) is 0 Å². The summed E-state index contributed by atoms with van der Waals surface area (Å²) in [5.74, 6) is -1.02. The van der Waals surface area contributed by atoms with Crippen molar-refractivity contribution in [3.8, 4) is 0 Å². The third-order valence-corrected chi connectivity index (χ3v) is 4.16. The maximum Gasteiger partial charge on any atom is 0.245 e. The first-order valence-corrected chi connectivity index (χ1v) is 8.63. The molecule has 3 atom stereocenters. The number of likely N-dealkylation sites (tertiary alicyclic amines) is 1. The van der Waals surface area contributed by atoms with Gasteiger partial charge in [0.05, 0.1) is 6.10 Å². The Morgan fingerprint density at radius 1 is 1.31 bits per heavy atom. The van der Waals surface area contributed by atoms with Crippen LogP contribution in [0.1, 0.15) is 25.8 Å². The van der Waals surface area contributed by atoms with Gasteiger partial charge in [-0.25, -0.2) is 0 Å². The zero-order chi connectivity index (χ0) is 19.1. The molecule has 1 aromatic rings. The number of benzene rings is 1. The molecule has 1 fully saturated rings. The number of aliphatic hydroxyl groups excluding tert-OH is 1. The number of aliphatic hydroxyl groups is 1. The van der Waals surface area contributed by atoms with E-state index >= 15 is 0 Å². The number of carbonyl (C=O) groups excluding carboxylic acids is 3. The van der Waals surface area contributed by atoms with Gasteiger partial charge in [-0.15, -0.1) is 0 Å². The first-order chi connectivity index (χ1) is 12.4. The first-order valence-electron chi connectivity index (χ1n) is 8.63. The summed E-state index contributed by atoms with van der Waals surface area (Å²) in [5.41, 5.74) is 1.03. The molecule has 3 N–H and O–H groups in total. The van der Waals surface area contributed by atoms with Crippen LogP contribution in [0.25, 0.3) is 6.08 Å². The summed E-state index contributed by atoms with van der Waals surface area (Å²) in [6.07, 6.45) is 3.15. The van der Waals surface area contributed by atoms with Crippen LogP contribution in [0.15, 0.2) is 36.4 Å². The summed E-state index contributed by atoms with van der Waals surface area (Å²) in [4.78, 5) is 37.3. The first kappa shape index (κ1) is 19.7. The zero-order valence-corrected chi connectivity index (χ0v) is 15.0. The maximum absolute atomic E-state index is 12.5. The monoisotopic (exact) mass is 359 g/mol. The molecule has 2 rings (SSSR count). The van der Waals surface area contributed by atoms with E-state index in [4.69, 9.17) is 0 Å². The molecule has 1 saturated heterocycles. The summed E-state index contributed by atoms with van der Waals surface area (Å²) < 4.78 is 0. The van der Waals surface area contributed by atoms with Crippen molar-refractivity contribution < 1.29 is 19.5 Å². The van der Waals surface area contributed by atoms with Gasteiger partial charge >= 0.3 is 0 Å². The minimum absolute atomic E-state index is 0.0840. The fourth-order valence-electron chi connectivity index (χ4n) is 2.96. The van der Waals surface area contributed by atoms with Crippen LogP contribution in [0.2, 0.25) is 0 Å². The van der Waals surface area contributed by atoms with Crippen LogP contribution in [0.4, 0.5) is 0 Å². The molecule has 0 bridgehead atoms. The molecule has 140 valence electrons. The Kier molecular flexibility index (Phi) is 6.91. The van der Waals surface area contributed by atoms with Gasteiger partial charge in [-0.05, 0) is 12.5 Å². The summed E-state index contributed by atoms with van der Waals surface area (Å²) in [6.45, 7) is 3.29. The average Bonchev–Trinajstić information content (AvgIpc) is 3.00. The van der Waals surface area contributed by atoms with Gasteiger partial charge in [0, 0.05) is 26.4 Å². The lowest BCUT2D eigenvalue weighted by atomic mass is 10.1. The van der Waals surface area contributed by atoms with E-state index in [9.17, 15) is 19.5 Å². The van der Waals surface area contributed by atoms with Gasteiger partial charge in [0.15, 0.2) is 0 Å². The van der Waals surface area contributed by atoms with Crippen molar-refractivity contribution in [1.82, 2.24) is 15.5 Å². The molecule has 7 heteroatoms. The Hall–Kier alpha value is -2.67. The van der Waals surface area contributed by atoms with Crippen molar-refractivity contribution >= 4 is 23.8 Å². The predicted octanol–water partition coefficient (Wildman–Crippen LogP) is 0.302. The molecule has 0 unspecified atom stereocenters. The molecular weight excluding hydrogens is 334 g/mol. The van der Waals surface area contributed by atoms with Gasteiger partial charge in [-0.2, -0.15) is 0 Å².